The molecule has 4 rings (SSSR count). The number of hydrogen-bond donors (Lipinski definition) is 1. The number of aryl methyl sites for hydroxylation is 1. The predicted molar refractivity (Wildman–Crippen MR) is 94.0 cm³/mol. The van der Waals surface area contributed by atoms with Crippen molar-refractivity contribution < 1.29 is 18.3 Å². The van der Waals surface area contributed by atoms with E-state index in [9.17, 15) is 8.78 Å². The van der Waals surface area contributed by atoms with Crippen LogP contribution in [-0.4, -0.2) is 26.4 Å². The summed E-state index contributed by atoms with van der Waals surface area (Å²) >= 11 is 0. The largest absolute Gasteiger partial charge is 0.487 e. The number of anilines is 1. The monoisotopic (exact) mass is 375 g/mol. The molecule has 1 fully saturated rings. The van der Waals surface area contributed by atoms with Crippen LogP contribution in [0.4, 0.5) is 14.6 Å². The maximum Gasteiger partial charge on any atom is 0.174 e. The lowest BCUT2D eigenvalue weighted by atomic mass is 10.2. The average Bonchev–Trinajstić information content (AvgIpc) is 3.02. The van der Waals surface area contributed by atoms with Crippen molar-refractivity contribution >= 4 is 16.9 Å². The van der Waals surface area contributed by atoms with Crippen LogP contribution in [0.15, 0.2) is 18.5 Å². The molecule has 1 unspecified atom stereocenters. The van der Waals surface area contributed by atoms with Gasteiger partial charge in [-0.1, -0.05) is 0 Å². The molecule has 9 heteroatoms. The van der Waals surface area contributed by atoms with Gasteiger partial charge in [-0.2, -0.15) is 5.10 Å². The van der Waals surface area contributed by atoms with Gasteiger partial charge in [0.15, 0.2) is 29.3 Å². The normalized spacial score (nSPS) is 17.4. The molecular weight excluding hydrogens is 356 g/mol. The van der Waals surface area contributed by atoms with E-state index in [4.69, 9.17) is 15.2 Å². The number of rotatable bonds is 4. The summed E-state index contributed by atoms with van der Waals surface area (Å²) < 4.78 is 40.8. The molecule has 0 spiro atoms. The van der Waals surface area contributed by atoms with Gasteiger partial charge in [-0.3, -0.25) is 0 Å². The zero-order valence-corrected chi connectivity index (χ0v) is 14.8. The highest BCUT2D eigenvalue weighted by atomic mass is 19.1. The van der Waals surface area contributed by atoms with Crippen LogP contribution >= 0.6 is 0 Å². The summed E-state index contributed by atoms with van der Waals surface area (Å²) in [5.41, 5.74) is 6.58. The first-order valence-corrected chi connectivity index (χ1v) is 8.72. The van der Waals surface area contributed by atoms with E-state index in [0.29, 0.717) is 18.0 Å². The third kappa shape index (κ3) is 3.30. The Kier molecular flexibility index (Phi) is 4.61. The minimum absolute atomic E-state index is 0.128. The summed E-state index contributed by atoms with van der Waals surface area (Å²) in [6.45, 7) is 2.25. The average molecular weight is 375 g/mol. The van der Waals surface area contributed by atoms with E-state index in [2.05, 4.69) is 15.1 Å². The number of pyridine rings is 2. The van der Waals surface area contributed by atoms with E-state index >= 15 is 0 Å². The van der Waals surface area contributed by atoms with Gasteiger partial charge in [0.05, 0.1) is 23.7 Å². The molecule has 1 aliphatic heterocycles. The van der Waals surface area contributed by atoms with Gasteiger partial charge in [0.25, 0.3) is 0 Å². The SMILES string of the molecule is Cc1nn(C2CCCCO2)c2ncc(OCc3c(F)cnc(N)c3F)cc12. The maximum atomic E-state index is 13.9. The molecule has 1 atom stereocenters. The van der Waals surface area contributed by atoms with Crippen LogP contribution in [0.1, 0.15) is 36.7 Å². The Hall–Kier alpha value is -2.81. The lowest BCUT2D eigenvalue weighted by molar-refractivity contribution is -0.0371. The van der Waals surface area contributed by atoms with E-state index in [0.717, 1.165) is 36.5 Å². The summed E-state index contributed by atoms with van der Waals surface area (Å²) in [5, 5.41) is 5.34. The number of hydrogen-bond acceptors (Lipinski definition) is 6. The van der Waals surface area contributed by atoms with Crippen molar-refractivity contribution in [3.8, 4) is 5.75 Å². The van der Waals surface area contributed by atoms with E-state index in [1.165, 1.54) is 6.20 Å². The van der Waals surface area contributed by atoms with Crippen molar-refractivity contribution in [2.45, 2.75) is 39.0 Å². The zero-order chi connectivity index (χ0) is 19.0. The quantitative estimate of drug-likeness (QED) is 0.753. The number of ether oxygens (including phenoxy) is 2. The van der Waals surface area contributed by atoms with Crippen molar-refractivity contribution in [3.63, 3.8) is 0 Å². The molecule has 0 amide bonds. The minimum atomic E-state index is -0.914. The third-order valence-corrected chi connectivity index (χ3v) is 4.61. The number of aromatic nitrogens is 4. The number of nitrogens with zero attached hydrogens (tertiary/aromatic N) is 4. The Balaban J connectivity index is 1.59. The third-order valence-electron chi connectivity index (χ3n) is 4.61. The zero-order valence-electron chi connectivity index (χ0n) is 14.8. The van der Waals surface area contributed by atoms with E-state index in [-0.39, 0.29) is 24.2 Å². The van der Waals surface area contributed by atoms with E-state index < -0.39 is 11.6 Å². The van der Waals surface area contributed by atoms with Crippen LogP contribution in [-0.2, 0) is 11.3 Å². The fourth-order valence-electron chi connectivity index (χ4n) is 3.15. The van der Waals surface area contributed by atoms with Gasteiger partial charge in [0, 0.05) is 12.0 Å². The van der Waals surface area contributed by atoms with Gasteiger partial charge < -0.3 is 15.2 Å². The van der Waals surface area contributed by atoms with Crippen molar-refractivity contribution in [2.24, 2.45) is 0 Å². The molecule has 0 aliphatic carbocycles. The molecule has 4 heterocycles. The Labute approximate surface area is 154 Å². The Bertz CT molecular complexity index is 986. The van der Waals surface area contributed by atoms with Crippen molar-refractivity contribution in [1.82, 2.24) is 19.7 Å². The van der Waals surface area contributed by atoms with Crippen LogP contribution in [0.25, 0.3) is 11.0 Å². The van der Waals surface area contributed by atoms with Gasteiger partial charge in [-0.25, -0.2) is 23.4 Å². The molecule has 0 saturated carbocycles. The molecule has 142 valence electrons. The fourth-order valence-corrected chi connectivity index (χ4v) is 3.15. The Morgan fingerprint density at radius 3 is 2.93 bits per heavy atom. The van der Waals surface area contributed by atoms with Crippen LogP contribution < -0.4 is 10.5 Å². The van der Waals surface area contributed by atoms with Crippen LogP contribution in [0, 0.1) is 18.6 Å². The van der Waals surface area contributed by atoms with Crippen molar-refractivity contribution in [3.05, 3.63) is 41.4 Å². The molecule has 0 aromatic carbocycles. The van der Waals surface area contributed by atoms with Gasteiger partial charge in [0.2, 0.25) is 0 Å². The first kappa shape index (κ1) is 17.6. The second-order valence-corrected chi connectivity index (χ2v) is 6.47. The molecule has 1 aliphatic rings. The van der Waals surface area contributed by atoms with Gasteiger partial charge in [0.1, 0.15) is 12.4 Å². The highest BCUT2D eigenvalue weighted by Crippen LogP contribution is 2.29. The predicted octanol–water partition coefficient (Wildman–Crippen LogP) is 3.27. The van der Waals surface area contributed by atoms with E-state index in [1.807, 2.05) is 6.92 Å². The summed E-state index contributed by atoms with van der Waals surface area (Å²) in [7, 11) is 0. The topological polar surface area (TPSA) is 88.1 Å². The molecular formula is C18H19F2N5O2. The summed E-state index contributed by atoms with van der Waals surface area (Å²) in [4.78, 5) is 7.85. The standard InChI is InChI=1S/C18H19F2N5O2/c1-10-12-6-11(27-9-13-14(19)8-22-17(21)16(13)20)7-23-18(12)25(24-10)15-4-2-3-5-26-15/h6-8,15H,2-5,9H2,1H3,(H2,21,22). The molecule has 2 N–H and O–H groups in total. The summed E-state index contributed by atoms with van der Waals surface area (Å²) in [5.74, 6) is -1.71. The molecule has 0 bridgehead atoms. The number of halogens is 2. The van der Waals surface area contributed by atoms with Gasteiger partial charge in [-0.05, 0) is 32.3 Å². The van der Waals surface area contributed by atoms with Crippen LogP contribution in [0.3, 0.4) is 0 Å². The van der Waals surface area contributed by atoms with Crippen molar-refractivity contribution in [1.29, 1.82) is 0 Å². The first-order valence-electron chi connectivity index (χ1n) is 8.72. The Morgan fingerprint density at radius 2 is 2.15 bits per heavy atom. The summed E-state index contributed by atoms with van der Waals surface area (Å²) in [6.07, 6.45) is 5.26. The maximum absolute atomic E-state index is 13.9. The number of nitrogens with two attached hydrogens (primary N) is 1. The molecule has 0 radical (unpaired) electrons. The van der Waals surface area contributed by atoms with Crippen LogP contribution in [0.5, 0.6) is 5.75 Å². The summed E-state index contributed by atoms with van der Waals surface area (Å²) in [6, 6.07) is 1.75. The lowest BCUT2D eigenvalue weighted by Crippen LogP contribution is -2.19. The lowest BCUT2D eigenvalue weighted by Gasteiger charge is -2.23. The fraction of sp³-hybridized carbons (Fsp3) is 0.389. The van der Waals surface area contributed by atoms with Crippen molar-refractivity contribution in [2.75, 3.05) is 12.3 Å². The van der Waals surface area contributed by atoms with E-state index in [1.54, 1.807) is 10.7 Å². The molecule has 3 aromatic heterocycles. The molecule has 3 aromatic rings. The Morgan fingerprint density at radius 1 is 1.30 bits per heavy atom. The number of nitrogen functional groups attached to an aromatic ring is 1. The van der Waals surface area contributed by atoms with Crippen LogP contribution in [0.2, 0.25) is 0 Å². The smallest absolute Gasteiger partial charge is 0.174 e. The highest BCUT2D eigenvalue weighted by molar-refractivity contribution is 5.79. The second kappa shape index (κ2) is 7.07. The second-order valence-electron chi connectivity index (χ2n) is 6.47. The molecule has 7 nitrogen and oxygen atoms in total. The molecule has 27 heavy (non-hydrogen) atoms. The number of fused-ring (bicyclic) bond motifs is 1. The minimum Gasteiger partial charge on any atom is -0.487 e. The highest BCUT2D eigenvalue weighted by Gasteiger charge is 2.21. The first-order chi connectivity index (χ1) is 13.0. The van der Waals surface area contributed by atoms with Gasteiger partial charge in [-0.15, -0.1) is 0 Å². The van der Waals surface area contributed by atoms with Gasteiger partial charge >= 0.3 is 0 Å². The molecule has 1 saturated heterocycles.